The van der Waals surface area contributed by atoms with Gasteiger partial charge >= 0.3 is 0 Å². The van der Waals surface area contributed by atoms with Crippen molar-refractivity contribution in [3.05, 3.63) is 82.6 Å². The molecule has 5 nitrogen and oxygen atoms in total. The van der Waals surface area contributed by atoms with E-state index in [1.54, 1.807) is 0 Å². The lowest BCUT2D eigenvalue weighted by atomic mass is 9.85. The molecule has 1 atom stereocenters. The highest BCUT2D eigenvalue weighted by molar-refractivity contribution is 6.00. The van der Waals surface area contributed by atoms with E-state index in [2.05, 4.69) is 11.4 Å². The highest BCUT2D eigenvalue weighted by atomic mass is 16.1. The van der Waals surface area contributed by atoms with Gasteiger partial charge in [0.25, 0.3) is 0 Å². The van der Waals surface area contributed by atoms with Crippen LogP contribution in [0.25, 0.3) is 11.3 Å². The van der Waals surface area contributed by atoms with Crippen molar-refractivity contribution in [3.63, 3.8) is 0 Å². The van der Waals surface area contributed by atoms with Crippen LogP contribution in [0.4, 0.5) is 5.82 Å². The second-order valence-electron chi connectivity index (χ2n) is 7.60. The van der Waals surface area contributed by atoms with E-state index in [4.69, 9.17) is 5.10 Å². The van der Waals surface area contributed by atoms with Crippen LogP contribution in [0.2, 0.25) is 0 Å². The Balaban J connectivity index is 1.75. The standard InChI is InChI=1S/C24H20N4O/c1-15-10-12-16(13-11-15)22-18(14-25)24-26-19-8-5-9-20(29)21(19)23(28(24)27-22)17-6-3-2-4-7-17/h2-4,6-7,10-13,23,26H,5,8-9H2,1H3. The maximum absolute atomic E-state index is 12.9. The number of hydrogen-bond donors (Lipinski definition) is 1. The predicted octanol–water partition coefficient (Wildman–Crippen LogP) is 4.75. The van der Waals surface area contributed by atoms with Crippen LogP contribution in [-0.2, 0) is 4.79 Å². The number of ketones is 1. The average molecular weight is 380 g/mol. The van der Waals surface area contributed by atoms with E-state index in [-0.39, 0.29) is 11.8 Å². The number of nitrogens with one attached hydrogen (secondary N) is 1. The Kier molecular flexibility index (Phi) is 4.06. The van der Waals surface area contributed by atoms with Gasteiger partial charge in [0.2, 0.25) is 0 Å². The van der Waals surface area contributed by atoms with E-state index in [0.717, 1.165) is 40.8 Å². The third-order valence-electron chi connectivity index (χ3n) is 5.71. The van der Waals surface area contributed by atoms with E-state index >= 15 is 0 Å². The minimum atomic E-state index is -0.318. The highest BCUT2D eigenvalue weighted by Crippen LogP contribution is 2.43. The van der Waals surface area contributed by atoms with Crippen molar-refractivity contribution in [2.24, 2.45) is 0 Å². The van der Waals surface area contributed by atoms with Gasteiger partial charge in [-0.25, -0.2) is 4.68 Å². The van der Waals surface area contributed by atoms with Gasteiger partial charge < -0.3 is 5.32 Å². The second kappa shape index (κ2) is 6.75. The van der Waals surface area contributed by atoms with E-state index in [9.17, 15) is 10.1 Å². The molecule has 0 saturated heterocycles. The molecule has 0 bridgehead atoms. The predicted molar refractivity (Wildman–Crippen MR) is 111 cm³/mol. The van der Waals surface area contributed by atoms with E-state index < -0.39 is 0 Å². The maximum atomic E-state index is 12.9. The fourth-order valence-corrected chi connectivity index (χ4v) is 4.28. The lowest BCUT2D eigenvalue weighted by Crippen LogP contribution is -2.31. The molecule has 1 unspecified atom stereocenters. The van der Waals surface area contributed by atoms with Crippen molar-refractivity contribution in [2.45, 2.75) is 32.2 Å². The third-order valence-corrected chi connectivity index (χ3v) is 5.71. The molecule has 1 aliphatic carbocycles. The molecular weight excluding hydrogens is 360 g/mol. The van der Waals surface area contributed by atoms with Crippen LogP contribution < -0.4 is 5.32 Å². The first-order valence-corrected chi connectivity index (χ1v) is 9.85. The molecule has 1 N–H and O–H groups in total. The topological polar surface area (TPSA) is 70.7 Å². The van der Waals surface area contributed by atoms with Gasteiger partial charge in [0.15, 0.2) is 5.78 Å². The van der Waals surface area contributed by atoms with Crippen LogP contribution >= 0.6 is 0 Å². The molecule has 3 aromatic rings. The van der Waals surface area contributed by atoms with Crippen molar-refractivity contribution in [2.75, 3.05) is 5.32 Å². The monoisotopic (exact) mass is 380 g/mol. The van der Waals surface area contributed by atoms with Crippen molar-refractivity contribution >= 4 is 11.6 Å². The molecule has 1 aromatic heterocycles. The summed E-state index contributed by atoms with van der Waals surface area (Å²) in [6, 6.07) is 20.0. The summed E-state index contributed by atoms with van der Waals surface area (Å²) in [6.07, 6.45) is 2.18. The van der Waals surface area contributed by atoms with Crippen LogP contribution in [0.1, 0.15) is 42.0 Å². The number of benzene rings is 2. The molecule has 5 rings (SSSR count). The number of aromatic nitrogens is 2. The molecule has 142 valence electrons. The zero-order valence-corrected chi connectivity index (χ0v) is 16.1. The SMILES string of the molecule is Cc1ccc(-c2nn3c(c2C#N)NC2=C(C(=O)CCC2)C3c2ccccc2)cc1. The first-order valence-electron chi connectivity index (χ1n) is 9.85. The minimum absolute atomic E-state index is 0.157. The van der Waals surface area contributed by atoms with Gasteiger partial charge in [-0.1, -0.05) is 60.2 Å². The Bertz CT molecular complexity index is 1180. The van der Waals surface area contributed by atoms with Crippen LogP contribution in [0.5, 0.6) is 0 Å². The molecule has 0 amide bonds. The zero-order chi connectivity index (χ0) is 20.0. The molecule has 2 heterocycles. The zero-order valence-electron chi connectivity index (χ0n) is 16.1. The summed E-state index contributed by atoms with van der Waals surface area (Å²) in [6.45, 7) is 2.03. The minimum Gasteiger partial charge on any atom is -0.342 e. The van der Waals surface area contributed by atoms with E-state index in [0.29, 0.717) is 23.5 Å². The molecule has 0 saturated carbocycles. The molecule has 2 aliphatic rings. The molecule has 0 fully saturated rings. The van der Waals surface area contributed by atoms with Crippen molar-refractivity contribution in [1.82, 2.24) is 9.78 Å². The van der Waals surface area contributed by atoms with E-state index in [1.807, 2.05) is 66.2 Å². The van der Waals surface area contributed by atoms with Gasteiger partial charge in [0.05, 0.1) is 0 Å². The van der Waals surface area contributed by atoms with Crippen molar-refractivity contribution in [1.29, 1.82) is 5.26 Å². The third kappa shape index (κ3) is 2.76. The molecule has 0 spiro atoms. The van der Waals surface area contributed by atoms with Crippen LogP contribution in [-0.4, -0.2) is 15.6 Å². The Hall–Kier alpha value is -3.65. The maximum Gasteiger partial charge on any atom is 0.163 e. The van der Waals surface area contributed by atoms with Crippen LogP contribution in [0, 0.1) is 18.3 Å². The van der Waals surface area contributed by atoms with Gasteiger partial charge in [-0.3, -0.25) is 4.79 Å². The Morgan fingerprint density at radius 1 is 1.10 bits per heavy atom. The van der Waals surface area contributed by atoms with Gasteiger partial charge in [-0.05, 0) is 25.3 Å². The molecule has 1 aliphatic heterocycles. The molecule has 5 heteroatoms. The van der Waals surface area contributed by atoms with Gasteiger partial charge in [0, 0.05) is 23.3 Å². The Morgan fingerprint density at radius 2 is 1.86 bits per heavy atom. The first kappa shape index (κ1) is 17.4. The van der Waals surface area contributed by atoms with Crippen molar-refractivity contribution in [3.8, 4) is 17.3 Å². The summed E-state index contributed by atoms with van der Waals surface area (Å²) in [5.41, 5.74) is 5.90. The number of rotatable bonds is 2. The summed E-state index contributed by atoms with van der Waals surface area (Å²) in [5, 5.41) is 18.2. The summed E-state index contributed by atoms with van der Waals surface area (Å²) < 4.78 is 1.82. The second-order valence-corrected chi connectivity index (χ2v) is 7.60. The molecule has 0 radical (unpaired) electrons. The lowest BCUT2D eigenvalue weighted by Gasteiger charge is -2.33. The fraction of sp³-hybridized carbons (Fsp3) is 0.208. The Morgan fingerprint density at radius 3 is 2.59 bits per heavy atom. The van der Waals surface area contributed by atoms with Crippen LogP contribution in [0.3, 0.4) is 0 Å². The number of anilines is 1. The normalized spacial score (nSPS) is 17.9. The number of aryl methyl sites for hydroxylation is 1. The van der Waals surface area contributed by atoms with Gasteiger partial charge in [0.1, 0.15) is 29.2 Å². The van der Waals surface area contributed by atoms with E-state index in [1.165, 1.54) is 0 Å². The van der Waals surface area contributed by atoms with Gasteiger partial charge in [-0.2, -0.15) is 10.4 Å². The number of nitriles is 1. The van der Waals surface area contributed by atoms with Crippen molar-refractivity contribution < 1.29 is 4.79 Å². The number of nitrogens with zero attached hydrogens (tertiary/aromatic N) is 3. The smallest absolute Gasteiger partial charge is 0.163 e. The number of fused-ring (bicyclic) bond motifs is 1. The molecule has 29 heavy (non-hydrogen) atoms. The summed E-state index contributed by atoms with van der Waals surface area (Å²) in [5.74, 6) is 0.828. The Labute approximate surface area is 169 Å². The summed E-state index contributed by atoms with van der Waals surface area (Å²) in [7, 11) is 0. The lowest BCUT2D eigenvalue weighted by molar-refractivity contribution is -0.116. The number of allylic oxidation sites excluding steroid dienone is 2. The highest BCUT2D eigenvalue weighted by Gasteiger charge is 2.38. The number of carbonyl (C=O) groups excluding carboxylic acids is 1. The number of Topliss-reactive ketones (excluding diaryl/α,β-unsaturated/α-hetero) is 1. The first-order chi connectivity index (χ1) is 14.2. The number of carbonyl (C=O) groups is 1. The summed E-state index contributed by atoms with van der Waals surface area (Å²) >= 11 is 0. The quantitative estimate of drug-likeness (QED) is 0.696. The van der Waals surface area contributed by atoms with Gasteiger partial charge in [-0.15, -0.1) is 0 Å². The number of hydrogen-bond acceptors (Lipinski definition) is 4. The summed E-state index contributed by atoms with van der Waals surface area (Å²) in [4.78, 5) is 12.9. The fourth-order valence-electron chi connectivity index (χ4n) is 4.28. The van der Waals surface area contributed by atoms with Crippen LogP contribution in [0.15, 0.2) is 65.9 Å². The average Bonchev–Trinajstić information content (AvgIpc) is 3.11. The molecule has 2 aromatic carbocycles. The molecular formula is C24H20N4O. The largest absolute Gasteiger partial charge is 0.342 e.